The molecule has 1 aromatic heterocycles. The van der Waals surface area contributed by atoms with E-state index in [9.17, 15) is 9.59 Å². The molecule has 0 bridgehead atoms. The molecule has 0 aliphatic carbocycles. The lowest BCUT2D eigenvalue weighted by Gasteiger charge is -2.13. The Balaban J connectivity index is 1.94. The van der Waals surface area contributed by atoms with Gasteiger partial charge in [0.25, 0.3) is 5.91 Å². The molecule has 0 aromatic carbocycles. The van der Waals surface area contributed by atoms with Crippen molar-refractivity contribution in [2.24, 2.45) is 0 Å². The minimum Gasteiger partial charge on any atom is -0.466 e. The van der Waals surface area contributed by atoms with E-state index in [0.29, 0.717) is 15.8 Å². The van der Waals surface area contributed by atoms with Crippen LogP contribution in [0.15, 0.2) is 22.4 Å². The monoisotopic (exact) mass is 341 g/mol. The van der Waals surface area contributed by atoms with Gasteiger partial charge in [-0.2, -0.15) is 0 Å². The number of hydrogen-bond donors (Lipinski definition) is 0. The Bertz CT molecular complexity index is 566. The third-order valence-electron chi connectivity index (χ3n) is 2.70. The zero-order chi connectivity index (χ0) is 15.2. The van der Waals surface area contributed by atoms with Crippen molar-refractivity contribution in [2.45, 2.75) is 19.8 Å². The van der Waals surface area contributed by atoms with Gasteiger partial charge in [-0.3, -0.25) is 14.5 Å². The van der Waals surface area contributed by atoms with Crippen LogP contribution in [-0.2, 0) is 14.3 Å². The van der Waals surface area contributed by atoms with E-state index in [1.165, 1.54) is 16.7 Å². The molecule has 0 radical (unpaired) electrons. The van der Waals surface area contributed by atoms with Gasteiger partial charge in [0.2, 0.25) is 0 Å². The van der Waals surface area contributed by atoms with Gasteiger partial charge in [0.1, 0.15) is 4.32 Å². The first-order valence-corrected chi connectivity index (χ1v) is 8.66. The quantitative estimate of drug-likeness (QED) is 0.451. The lowest BCUT2D eigenvalue weighted by atomic mass is 10.3. The molecular weight excluding hydrogens is 326 g/mol. The number of hydrogen-bond acceptors (Lipinski definition) is 6. The maximum atomic E-state index is 12.3. The highest BCUT2D eigenvalue weighted by molar-refractivity contribution is 8.26. The van der Waals surface area contributed by atoms with Crippen molar-refractivity contribution >= 4 is 57.6 Å². The van der Waals surface area contributed by atoms with Crippen molar-refractivity contribution in [1.82, 2.24) is 4.90 Å². The van der Waals surface area contributed by atoms with Gasteiger partial charge in [0, 0.05) is 11.4 Å². The minimum atomic E-state index is -0.298. The largest absolute Gasteiger partial charge is 0.466 e. The summed E-state index contributed by atoms with van der Waals surface area (Å²) in [5.74, 6) is -0.435. The molecule has 112 valence electrons. The Morgan fingerprint density at radius 1 is 1.52 bits per heavy atom. The number of amides is 1. The van der Waals surface area contributed by atoms with Gasteiger partial charge >= 0.3 is 5.97 Å². The summed E-state index contributed by atoms with van der Waals surface area (Å²) in [6, 6.07) is 3.88. The van der Waals surface area contributed by atoms with E-state index in [1.807, 2.05) is 30.5 Å². The zero-order valence-corrected chi connectivity index (χ0v) is 14.0. The van der Waals surface area contributed by atoms with Crippen LogP contribution in [-0.4, -0.2) is 34.2 Å². The molecule has 1 fully saturated rings. The number of carbonyl (C=O) groups excluding carboxylic acids is 2. The van der Waals surface area contributed by atoms with Crippen molar-refractivity contribution < 1.29 is 14.3 Å². The fourth-order valence-electron chi connectivity index (χ4n) is 1.69. The number of esters is 1. The lowest BCUT2D eigenvalue weighted by molar-refractivity contribution is -0.143. The van der Waals surface area contributed by atoms with E-state index in [0.717, 1.165) is 11.3 Å². The molecule has 1 amide bonds. The van der Waals surface area contributed by atoms with Gasteiger partial charge in [-0.15, -0.1) is 11.3 Å². The van der Waals surface area contributed by atoms with Gasteiger partial charge < -0.3 is 4.74 Å². The third-order valence-corrected chi connectivity index (χ3v) is 4.89. The van der Waals surface area contributed by atoms with Crippen molar-refractivity contribution in [1.29, 1.82) is 0 Å². The van der Waals surface area contributed by atoms with Crippen LogP contribution in [0, 0.1) is 0 Å². The van der Waals surface area contributed by atoms with Crippen LogP contribution in [0.2, 0.25) is 0 Å². The number of carbonyl (C=O) groups is 2. The molecule has 2 heterocycles. The molecular formula is C14H15NO3S3. The molecule has 21 heavy (non-hydrogen) atoms. The Hall–Kier alpha value is -1.18. The molecule has 4 nitrogen and oxygen atoms in total. The first-order valence-electron chi connectivity index (χ1n) is 6.56. The summed E-state index contributed by atoms with van der Waals surface area (Å²) in [5.41, 5.74) is 0. The molecule has 1 aliphatic rings. The summed E-state index contributed by atoms with van der Waals surface area (Å²) in [4.78, 5) is 26.8. The van der Waals surface area contributed by atoms with Crippen LogP contribution in [0.3, 0.4) is 0 Å². The Labute approximate surface area is 137 Å². The van der Waals surface area contributed by atoms with Crippen LogP contribution in [0.25, 0.3) is 6.08 Å². The fraction of sp³-hybridized carbons (Fsp3) is 0.357. The Morgan fingerprint density at radius 2 is 2.33 bits per heavy atom. The predicted octanol–water partition coefficient (Wildman–Crippen LogP) is 3.29. The second-order valence-corrected chi connectivity index (χ2v) is 6.97. The van der Waals surface area contributed by atoms with Crippen molar-refractivity contribution in [3.63, 3.8) is 0 Å². The van der Waals surface area contributed by atoms with Crippen molar-refractivity contribution in [2.75, 3.05) is 13.2 Å². The average Bonchev–Trinajstić information content (AvgIpc) is 3.05. The average molecular weight is 341 g/mol. The predicted molar refractivity (Wildman–Crippen MR) is 90.1 cm³/mol. The standard InChI is InChI=1S/C14H15NO3S3/c1-2-7-18-12(16)5-6-15-13(17)11(21-14(15)19)9-10-4-3-8-20-10/h3-4,8-9H,2,5-7H2,1H3. The van der Waals surface area contributed by atoms with Crippen LogP contribution >= 0.6 is 35.3 Å². The second-order valence-electron chi connectivity index (χ2n) is 4.32. The summed E-state index contributed by atoms with van der Waals surface area (Å²) in [6.07, 6.45) is 2.79. The SMILES string of the molecule is CCCOC(=O)CCN1C(=O)C(=Cc2cccs2)SC1=S. The summed E-state index contributed by atoms with van der Waals surface area (Å²) < 4.78 is 5.49. The Morgan fingerprint density at radius 3 is 3.00 bits per heavy atom. The maximum Gasteiger partial charge on any atom is 0.307 e. The summed E-state index contributed by atoms with van der Waals surface area (Å²) in [7, 11) is 0. The van der Waals surface area contributed by atoms with Crippen molar-refractivity contribution in [3.8, 4) is 0 Å². The molecule has 1 aromatic rings. The van der Waals surface area contributed by atoms with Crippen LogP contribution < -0.4 is 0 Å². The van der Waals surface area contributed by atoms with Crippen LogP contribution in [0.5, 0.6) is 0 Å². The smallest absolute Gasteiger partial charge is 0.307 e. The number of thiophene rings is 1. The van der Waals surface area contributed by atoms with E-state index in [4.69, 9.17) is 17.0 Å². The zero-order valence-electron chi connectivity index (χ0n) is 11.5. The molecule has 2 rings (SSSR count). The number of thioether (sulfide) groups is 1. The molecule has 1 saturated heterocycles. The van der Waals surface area contributed by atoms with Gasteiger partial charge in [0.15, 0.2) is 0 Å². The molecule has 0 saturated carbocycles. The number of nitrogens with zero attached hydrogens (tertiary/aromatic N) is 1. The van der Waals surface area contributed by atoms with E-state index in [-0.39, 0.29) is 24.8 Å². The summed E-state index contributed by atoms with van der Waals surface area (Å²) in [6.45, 7) is 2.62. The number of thiocarbonyl (C=S) groups is 1. The van der Waals surface area contributed by atoms with Gasteiger partial charge in [-0.1, -0.05) is 37.0 Å². The highest BCUT2D eigenvalue weighted by atomic mass is 32.2. The molecule has 7 heteroatoms. The summed E-state index contributed by atoms with van der Waals surface area (Å²) in [5, 5.41) is 1.95. The number of rotatable bonds is 6. The van der Waals surface area contributed by atoms with Gasteiger partial charge in [0.05, 0.1) is 17.9 Å². The van der Waals surface area contributed by atoms with E-state index >= 15 is 0 Å². The highest BCUT2D eigenvalue weighted by Gasteiger charge is 2.32. The fourth-order valence-corrected chi connectivity index (χ4v) is 3.72. The normalized spacial score (nSPS) is 16.8. The van der Waals surface area contributed by atoms with Crippen LogP contribution in [0.4, 0.5) is 0 Å². The Kier molecular flexibility index (Phi) is 5.96. The summed E-state index contributed by atoms with van der Waals surface area (Å²) >= 11 is 8.05. The molecule has 0 N–H and O–H groups in total. The van der Waals surface area contributed by atoms with Crippen LogP contribution in [0.1, 0.15) is 24.6 Å². The van der Waals surface area contributed by atoms with E-state index in [2.05, 4.69) is 0 Å². The molecule has 0 spiro atoms. The van der Waals surface area contributed by atoms with Gasteiger partial charge in [-0.25, -0.2) is 0 Å². The lowest BCUT2D eigenvalue weighted by Crippen LogP contribution is -2.30. The van der Waals surface area contributed by atoms with E-state index < -0.39 is 0 Å². The second kappa shape index (κ2) is 7.72. The molecule has 0 atom stereocenters. The first-order chi connectivity index (χ1) is 10.1. The molecule has 0 unspecified atom stereocenters. The van der Waals surface area contributed by atoms with E-state index in [1.54, 1.807) is 11.3 Å². The highest BCUT2D eigenvalue weighted by Crippen LogP contribution is 2.33. The first kappa shape index (κ1) is 16.2. The van der Waals surface area contributed by atoms with Crippen molar-refractivity contribution in [3.05, 3.63) is 27.3 Å². The maximum absolute atomic E-state index is 12.3. The van der Waals surface area contributed by atoms with Gasteiger partial charge in [-0.05, 0) is 23.9 Å². The third kappa shape index (κ3) is 4.39. The molecule has 1 aliphatic heterocycles. The topological polar surface area (TPSA) is 46.6 Å². The number of ether oxygens (including phenoxy) is 1. The minimum absolute atomic E-state index is 0.137.